The van der Waals surface area contributed by atoms with E-state index in [9.17, 15) is 4.79 Å². The Hall–Kier alpha value is -2.49. The summed E-state index contributed by atoms with van der Waals surface area (Å²) in [5.74, 6) is 1.18. The van der Waals surface area contributed by atoms with E-state index < -0.39 is 0 Å². The fourth-order valence-electron chi connectivity index (χ4n) is 2.31. The van der Waals surface area contributed by atoms with Crippen molar-refractivity contribution in [2.75, 3.05) is 13.7 Å². The van der Waals surface area contributed by atoms with Crippen LogP contribution in [0.3, 0.4) is 0 Å². The van der Waals surface area contributed by atoms with Crippen molar-refractivity contribution in [3.63, 3.8) is 0 Å². The van der Waals surface area contributed by atoms with Crippen molar-refractivity contribution >= 4 is 11.0 Å². The van der Waals surface area contributed by atoms with E-state index in [1.807, 2.05) is 0 Å². The van der Waals surface area contributed by atoms with Crippen LogP contribution >= 0.6 is 0 Å². The number of allylic oxidation sites excluding steroid dienone is 3. The van der Waals surface area contributed by atoms with E-state index in [-0.39, 0.29) is 5.63 Å². The van der Waals surface area contributed by atoms with Crippen LogP contribution in [0.25, 0.3) is 11.0 Å². The molecule has 1 aromatic heterocycles. The van der Waals surface area contributed by atoms with Crippen molar-refractivity contribution in [1.29, 1.82) is 0 Å². The van der Waals surface area contributed by atoms with Crippen molar-refractivity contribution in [3.05, 3.63) is 58.0 Å². The molecule has 4 heteroatoms. The highest BCUT2D eigenvalue weighted by atomic mass is 16.5. The van der Waals surface area contributed by atoms with Gasteiger partial charge >= 0.3 is 5.63 Å². The summed E-state index contributed by atoms with van der Waals surface area (Å²) in [6.45, 7) is 6.75. The SMILES string of the molecule is COc1cc2ccc(=O)oc2cc1OCC=C(C)CCC=C(C)C. The van der Waals surface area contributed by atoms with Gasteiger partial charge in [0.25, 0.3) is 0 Å². The van der Waals surface area contributed by atoms with E-state index in [4.69, 9.17) is 13.9 Å². The molecule has 24 heavy (non-hydrogen) atoms. The lowest BCUT2D eigenvalue weighted by Crippen LogP contribution is -1.99. The molecule has 1 aromatic carbocycles. The quantitative estimate of drug-likeness (QED) is 0.537. The first-order chi connectivity index (χ1) is 11.5. The maximum absolute atomic E-state index is 11.3. The molecule has 0 spiro atoms. The van der Waals surface area contributed by atoms with Gasteiger partial charge in [0, 0.05) is 17.5 Å². The van der Waals surface area contributed by atoms with Gasteiger partial charge in [0.1, 0.15) is 12.2 Å². The van der Waals surface area contributed by atoms with Crippen molar-refractivity contribution < 1.29 is 13.9 Å². The van der Waals surface area contributed by atoms with Gasteiger partial charge in [-0.2, -0.15) is 0 Å². The number of ether oxygens (including phenoxy) is 2. The van der Waals surface area contributed by atoms with E-state index in [0.29, 0.717) is 23.7 Å². The molecule has 0 aliphatic carbocycles. The topological polar surface area (TPSA) is 48.7 Å². The maximum Gasteiger partial charge on any atom is 0.336 e. The second-order valence-electron chi connectivity index (χ2n) is 5.98. The normalized spacial score (nSPS) is 11.4. The van der Waals surface area contributed by atoms with Gasteiger partial charge in [-0.3, -0.25) is 0 Å². The third kappa shape index (κ3) is 5.01. The Bertz CT molecular complexity index is 808. The van der Waals surface area contributed by atoms with Gasteiger partial charge in [-0.25, -0.2) is 4.79 Å². The van der Waals surface area contributed by atoms with Gasteiger partial charge in [0.15, 0.2) is 11.5 Å². The Balaban J connectivity index is 2.08. The fraction of sp³-hybridized carbons (Fsp3) is 0.350. The molecule has 0 aliphatic heterocycles. The molecule has 2 aromatic rings. The van der Waals surface area contributed by atoms with Crippen molar-refractivity contribution in [3.8, 4) is 11.5 Å². The van der Waals surface area contributed by atoms with Crippen LogP contribution in [0.4, 0.5) is 0 Å². The van der Waals surface area contributed by atoms with Crippen LogP contribution in [-0.4, -0.2) is 13.7 Å². The lowest BCUT2D eigenvalue weighted by molar-refractivity contribution is 0.325. The van der Waals surface area contributed by atoms with Crippen molar-refractivity contribution in [2.45, 2.75) is 33.6 Å². The van der Waals surface area contributed by atoms with Crippen LogP contribution in [-0.2, 0) is 0 Å². The number of fused-ring (bicyclic) bond motifs is 1. The predicted octanol–water partition coefficient (Wildman–Crippen LogP) is 4.87. The molecule has 0 fully saturated rings. The summed E-state index contributed by atoms with van der Waals surface area (Å²) in [5, 5.41) is 0.798. The summed E-state index contributed by atoms with van der Waals surface area (Å²) < 4.78 is 16.3. The van der Waals surface area contributed by atoms with Crippen LogP contribution < -0.4 is 15.1 Å². The lowest BCUT2D eigenvalue weighted by Gasteiger charge is -2.10. The largest absolute Gasteiger partial charge is 0.493 e. The van der Waals surface area contributed by atoms with Gasteiger partial charge in [-0.05, 0) is 51.8 Å². The standard InChI is InChI=1S/C20H24O4/c1-14(2)6-5-7-15(3)10-11-23-19-13-17-16(12-18(19)22-4)8-9-20(21)24-17/h6,8-10,12-13H,5,7,11H2,1-4H3. The molecule has 0 saturated heterocycles. The molecule has 0 atom stereocenters. The van der Waals surface area contributed by atoms with E-state index in [1.165, 1.54) is 17.2 Å². The summed E-state index contributed by atoms with van der Waals surface area (Å²) in [4.78, 5) is 11.3. The Morgan fingerprint density at radius 1 is 1.12 bits per heavy atom. The number of methoxy groups -OCH3 is 1. The minimum Gasteiger partial charge on any atom is -0.493 e. The average Bonchev–Trinajstić information content (AvgIpc) is 2.53. The summed E-state index contributed by atoms with van der Waals surface area (Å²) >= 11 is 0. The van der Waals surface area contributed by atoms with Gasteiger partial charge in [0.05, 0.1) is 7.11 Å². The zero-order valence-corrected chi connectivity index (χ0v) is 14.7. The van der Waals surface area contributed by atoms with E-state index in [2.05, 4.69) is 32.9 Å². The first kappa shape index (κ1) is 17.9. The third-order valence-corrected chi connectivity index (χ3v) is 3.67. The fourth-order valence-corrected chi connectivity index (χ4v) is 2.31. The molecule has 0 unspecified atom stereocenters. The zero-order valence-electron chi connectivity index (χ0n) is 14.7. The Morgan fingerprint density at radius 3 is 2.62 bits per heavy atom. The molecule has 2 rings (SSSR count). The Morgan fingerprint density at radius 2 is 1.92 bits per heavy atom. The number of hydrogen-bond donors (Lipinski definition) is 0. The van der Waals surface area contributed by atoms with Crippen LogP contribution in [0.5, 0.6) is 11.5 Å². The molecule has 128 valence electrons. The molecule has 0 N–H and O–H groups in total. The van der Waals surface area contributed by atoms with Gasteiger partial charge in [-0.15, -0.1) is 0 Å². The second kappa shape index (κ2) is 8.39. The first-order valence-corrected chi connectivity index (χ1v) is 8.03. The molecule has 0 radical (unpaired) electrons. The van der Waals surface area contributed by atoms with Crippen LogP contribution in [0, 0.1) is 0 Å². The summed E-state index contributed by atoms with van der Waals surface area (Å²) in [6.07, 6.45) is 6.34. The van der Waals surface area contributed by atoms with Crippen LogP contribution in [0.15, 0.2) is 56.8 Å². The lowest BCUT2D eigenvalue weighted by atomic mass is 10.1. The second-order valence-corrected chi connectivity index (χ2v) is 5.98. The Labute approximate surface area is 142 Å². The molecular weight excluding hydrogens is 304 g/mol. The smallest absolute Gasteiger partial charge is 0.336 e. The zero-order chi connectivity index (χ0) is 17.5. The molecule has 0 bridgehead atoms. The Kier molecular flexibility index (Phi) is 6.24. The predicted molar refractivity (Wildman–Crippen MR) is 97.0 cm³/mol. The number of benzene rings is 1. The minimum atomic E-state index is -0.381. The molecular formula is C20H24O4. The monoisotopic (exact) mass is 328 g/mol. The molecule has 4 nitrogen and oxygen atoms in total. The molecule has 1 heterocycles. The van der Waals surface area contributed by atoms with Gasteiger partial charge in [0.2, 0.25) is 0 Å². The average molecular weight is 328 g/mol. The minimum absolute atomic E-state index is 0.381. The highest BCUT2D eigenvalue weighted by Gasteiger charge is 2.08. The molecule has 0 saturated carbocycles. The van der Waals surface area contributed by atoms with Gasteiger partial charge < -0.3 is 13.9 Å². The maximum atomic E-state index is 11.3. The van der Waals surface area contributed by atoms with E-state index >= 15 is 0 Å². The van der Waals surface area contributed by atoms with E-state index in [0.717, 1.165) is 18.2 Å². The summed E-state index contributed by atoms with van der Waals surface area (Å²) in [7, 11) is 1.59. The van der Waals surface area contributed by atoms with Gasteiger partial charge in [-0.1, -0.05) is 17.2 Å². The number of hydrogen-bond acceptors (Lipinski definition) is 4. The number of rotatable bonds is 7. The molecule has 0 amide bonds. The molecule has 0 aliphatic rings. The third-order valence-electron chi connectivity index (χ3n) is 3.67. The summed E-state index contributed by atoms with van der Waals surface area (Å²) in [5.41, 5.74) is 2.72. The highest BCUT2D eigenvalue weighted by molar-refractivity contribution is 5.80. The van der Waals surface area contributed by atoms with Crippen LogP contribution in [0.1, 0.15) is 33.6 Å². The van der Waals surface area contributed by atoms with E-state index in [1.54, 1.807) is 25.3 Å². The van der Waals surface area contributed by atoms with Crippen molar-refractivity contribution in [1.82, 2.24) is 0 Å². The van der Waals surface area contributed by atoms with Crippen molar-refractivity contribution in [2.24, 2.45) is 0 Å². The van der Waals surface area contributed by atoms with Crippen LogP contribution in [0.2, 0.25) is 0 Å². The highest BCUT2D eigenvalue weighted by Crippen LogP contribution is 2.31. The first-order valence-electron chi connectivity index (χ1n) is 8.03. The summed E-state index contributed by atoms with van der Waals surface area (Å²) in [6, 6.07) is 6.60.